The smallest absolute Gasteiger partial charge is 0.282 e. The SMILES string of the molecule is O=C1COC2(CCN(S(=O)(=O)N3CCN(c4ccc(F)c5ccccc45)CC3)CC2)CN1C1CC1. The number of anilines is 1. The fourth-order valence-corrected chi connectivity index (χ4v) is 7.33. The molecule has 1 spiro atoms. The summed E-state index contributed by atoms with van der Waals surface area (Å²) in [6.07, 6.45) is 3.32. The van der Waals surface area contributed by atoms with E-state index in [0.717, 1.165) is 23.9 Å². The lowest BCUT2D eigenvalue weighted by Crippen LogP contribution is -2.61. The van der Waals surface area contributed by atoms with E-state index in [9.17, 15) is 17.6 Å². The lowest BCUT2D eigenvalue weighted by Gasteiger charge is -2.47. The molecule has 1 aliphatic carbocycles. The van der Waals surface area contributed by atoms with Crippen LogP contribution in [0.1, 0.15) is 25.7 Å². The fraction of sp³-hybridized carbons (Fsp3) is 0.560. The van der Waals surface area contributed by atoms with E-state index in [2.05, 4.69) is 4.90 Å². The lowest BCUT2D eigenvalue weighted by atomic mass is 9.90. The molecule has 1 saturated carbocycles. The van der Waals surface area contributed by atoms with Crippen molar-refractivity contribution in [2.45, 2.75) is 37.3 Å². The Morgan fingerprint density at radius 2 is 1.54 bits per heavy atom. The summed E-state index contributed by atoms with van der Waals surface area (Å²) in [5.41, 5.74) is 0.508. The number of halogens is 1. The van der Waals surface area contributed by atoms with Crippen LogP contribution in [0.25, 0.3) is 10.8 Å². The average molecular weight is 503 g/mol. The molecule has 1 amide bonds. The highest BCUT2D eigenvalue weighted by atomic mass is 32.2. The van der Waals surface area contributed by atoms with Crippen LogP contribution in [0.4, 0.5) is 10.1 Å². The van der Waals surface area contributed by atoms with Gasteiger partial charge < -0.3 is 14.5 Å². The van der Waals surface area contributed by atoms with E-state index in [1.807, 2.05) is 23.1 Å². The summed E-state index contributed by atoms with van der Waals surface area (Å²) in [5.74, 6) is -0.194. The first-order valence-electron chi connectivity index (χ1n) is 12.5. The van der Waals surface area contributed by atoms with Gasteiger partial charge in [0.2, 0.25) is 5.91 Å². The number of morpholine rings is 1. The zero-order valence-corrected chi connectivity index (χ0v) is 20.6. The van der Waals surface area contributed by atoms with E-state index in [4.69, 9.17) is 4.74 Å². The quantitative estimate of drug-likeness (QED) is 0.641. The first-order chi connectivity index (χ1) is 16.9. The molecule has 0 bridgehead atoms. The molecule has 0 N–H and O–H groups in total. The van der Waals surface area contributed by atoms with E-state index in [1.54, 1.807) is 20.7 Å². The van der Waals surface area contributed by atoms with E-state index < -0.39 is 15.8 Å². The lowest BCUT2D eigenvalue weighted by molar-refractivity contribution is -0.170. The van der Waals surface area contributed by atoms with E-state index in [-0.39, 0.29) is 18.3 Å². The Bertz CT molecular complexity index is 1240. The molecular formula is C25H31FN4O4S. The number of carbonyl (C=O) groups is 1. The predicted molar refractivity (Wildman–Crippen MR) is 131 cm³/mol. The van der Waals surface area contributed by atoms with Gasteiger partial charge in [-0.25, -0.2) is 4.39 Å². The van der Waals surface area contributed by atoms with Crippen LogP contribution in [-0.4, -0.2) is 91.9 Å². The maximum atomic E-state index is 14.2. The molecule has 3 heterocycles. The van der Waals surface area contributed by atoms with E-state index in [1.165, 1.54) is 6.07 Å². The number of amides is 1. The van der Waals surface area contributed by atoms with Crippen molar-refractivity contribution in [2.75, 3.05) is 57.3 Å². The Balaban J connectivity index is 1.10. The first-order valence-corrected chi connectivity index (χ1v) is 13.9. The second kappa shape index (κ2) is 8.69. The molecule has 3 saturated heterocycles. The Morgan fingerprint density at radius 3 is 2.23 bits per heavy atom. The van der Waals surface area contributed by atoms with Gasteiger partial charge in [0.15, 0.2) is 0 Å². The molecule has 3 aliphatic heterocycles. The van der Waals surface area contributed by atoms with Crippen molar-refractivity contribution in [3.05, 3.63) is 42.2 Å². The van der Waals surface area contributed by atoms with Crippen LogP contribution in [0, 0.1) is 5.82 Å². The second-order valence-electron chi connectivity index (χ2n) is 10.1. The van der Waals surface area contributed by atoms with Gasteiger partial charge in [0.1, 0.15) is 12.4 Å². The normalized spacial score (nSPS) is 24.4. The van der Waals surface area contributed by atoms with Crippen LogP contribution in [-0.2, 0) is 19.7 Å². The van der Waals surface area contributed by atoms with Crippen LogP contribution < -0.4 is 4.90 Å². The summed E-state index contributed by atoms with van der Waals surface area (Å²) in [5, 5.41) is 1.42. The van der Waals surface area contributed by atoms with Gasteiger partial charge in [0.05, 0.1) is 12.1 Å². The van der Waals surface area contributed by atoms with Gasteiger partial charge in [-0.05, 0) is 37.8 Å². The summed E-state index contributed by atoms with van der Waals surface area (Å²) < 4.78 is 50.2. The molecule has 188 valence electrons. The Kier molecular flexibility index (Phi) is 5.75. The van der Waals surface area contributed by atoms with Crippen LogP contribution >= 0.6 is 0 Å². The number of nitrogens with zero attached hydrogens (tertiary/aromatic N) is 4. The van der Waals surface area contributed by atoms with Crippen LogP contribution in [0.2, 0.25) is 0 Å². The molecule has 10 heteroatoms. The monoisotopic (exact) mass is 502 g/mol. The number of piperidine rings is 1. The zero-order valence-electron chi connectivity index (χ0n) is 19.7. The van der Waals surface area contributed by atoms with Crippen molar-refractivity contribution < 1.29 is 22.3 Å². The molecule has 2 aromatic carbocycles. The van der Waals surface area contributed by atoms with E-state index >= 15 is 0 Å². The highest BCUT2D eigenvalue weighted by Crippen LogP contribution is 2.37. The van der Waals surface area contributed by atoms with Gasteiger partial charge >= 0.3 is 0 Å². The molecule has 35 heavy (non-hydrogen) atoms. The number of benzene rings is 2. The third-order valence-electron chi connectivity index (χ3n) is 7.98. The van der Waals surface area contributed by atoms with Crippen molar-refractivity contribution in [1.29, 1.82) is 0 Å². The number of hydrogen-bond donors (Lipinski definition) is 0. The summed E-state index contributed by atoms with van der Waals surface area (Å²) in [7, 11) is -3.58. The number of hydrogen-bond acceptors (Lipinski definition) is 5. The van der Waals surface area contributed by atoms with Crippen LogP contribution in [0.15, 0.2) is 36.4 Å². The molecule has 2 aromatic rings. The highest BCUT2D eigenvalue weighted by Gasteiger charge is 2.48. The van der Waals surface area contributed by atoms with E-state index in [0.29, 0.717) is 70.1 Å². The molecule has 4 aliphatic rings. The van der Waals surface area contributed by atoms with Gasteiger partial charge in [-0.3, -0.25) is 4.79 Å². The molecule has 0 radical (unpaired) electrons. The highest BCUT2D eigenvalue weighted by molar-refractivity contribution is 7.86. The van der Waals surface area contributed by atoms with Gasteiger partial charge in [0.25, 0.3) is 10.2 Å². The van der Waals surface area contributed by atoms with Crippen molar-refractivity contribution in [3.8, 4) is 0 Å². The average Bonchev–Trinajstić information content (AvgIpc) is 3.72. The minimum Gasteiger partial charge on any atom is -0.368 e. The second-order valence-corrected chi connectivity index (χ2v) is 12.1. The summed E-state index contributed by atoms with van der Waals surface area (Å²) in [6.45, 7) is 3.35. The third kappa shape index (κ3) is 4.20. The van der Waals surface area contributed by atoms with Crippen LogP contribution in [0.3, 0.4) is 0 Å². The maximum Gasteiger partial charge on any atom is 0.282 e. The maximum absolute atomic E-state index is 14.2. The van der Waals surface area contributed by atoms with Crippen molar-refractivity contribution in [3.63, 3.8) is 0 Å². The molecule has 0 unspecified atom stereocenters. The number of carbonyl (C=O) groups excluding carboxylic acids is 1. The standard InChI is InChI=1S/C25H31FN4O4S/c26-22-7-8-23(21-4-2-1-3-20(21)22)27-13-15-29(16-14-27)35(32,33)28-11-9-25(10-12-28)18-30(19-5-6-19)24(31)17-34-25/h1-4,7-8,19H,5-6,9-18H2. The fourth-order valence-electron chi connectivity index (χ4n) is 5.73. The van der Waals surface area contributed by atoms with Crippen molar-refractivity contribution >= 4 is 32.6 Å². The van der Waals surface area contributed by atoms with Crippen LogP contribution in [0.5, 0.6) is 0 Å². The molecule has 6 rings (SSSR count). The van der Waals surface area contributed by atoms with Gasteiger partial charge in [-0.1, -0.05) is 24.3 Å². The minimum atomic E-state index is -3.58. The summed E-state index contributed by atoms with van der Waals surface area (Å²) in [4.78, 5) is 16.3. The number of rotatable bonds is 4. The molecule has 4 fully saturated rings. The Hall–Kier alpha value is -2.27. The number of piperazine rings is 1. The Morgan fingerprint density at radius 1 is 0.886 bits per heavy atom. The van der Waals surface area contributed by atoms with Crippen molar-refractivity contribution in [1.82, 2.24) is 13.5 Å². The summed E-state index contributed by atoms with van der Waals surface area (Å²) >= 11 is 0. The topological polar surface area (TPSA) is 73.4 Å². The number of ether oxygens (including phenoxy) is 1. The first kappa shape index (κ1) is 23.1. The molecule has 0 aromatic heterocycles. The van der Waals surface area contributed by atoms with Gasteiger partial charge in [0, 0.05) is 61.8 Å². The van der Waals surface area contributed by atoms with Crippen molar-refractivity contribution in [2.24, 2.45) is 0 Å². The van der Waals surface area contributed by atoms with Gasteiger partial charge in [-0.2, -0.15) is 17.0 Å². The summed E-state index contributed by atoms with van der Waals surface area (Å²) in [6, 6.07) is 11.0. The molecule has 8 nitrogen and oxygen atoms in total. The molecule has 0 atom stereocenters. The largest absolute Gasteiger partial charge is 0.368 e. The molecular weight excluding hydrogens is 471 g/mol. The zero-order chi connectivity index (χ0) is 24.2. The predicted octanol–water partition coefficient (Wildman–Crippen LogP) is 2.20. The number of fused-ring (bicyclic) bond motifs is 1. The van der Waals surface area contributed by atoms with Gasteiger partial charge in [-0.15, -0.1) is 0 Å². The Labute approximate surface area is 205 Å². The minimum absolute atomic E-state index is 0.0555. The third-order valence-corrected chi connectivity index (χ3v) is 10.0.